The van der Waals surface area contributed by atoms with E-state index in [1.165, 1.54) is 0 Å². The minimum atomic E-state index is 0.865. The van der Waals surface area contributed by atoms with Gasteiger partial charge in [-0.25, -0.2) is 4.98 Å². The van der Waals surface area contributed by atoms with Gasteiger partial charge in [-0.2, -0.15) is 0 Å². The predicted molar refractivity (Wildman–Crippen MR) is 95.8 cm³/mol. The van der Waals surface area contributed by atoms with Crippen molar-refractivity contribution in [3.63, 3.8) is 0 Å². The molecule has 0 aliphatic heterocycles. The molecule has 118 valence electrons. The maximum atomic E-state index is 5.51. The van der Waals surface area contributed by atoms with Crippen molar-refractivity contribution in [1.82, 2.24) is 9.97 Å². The van der Waals surface area contributed by atoms with E-state index in [9.17, 15) is 0 Å². The van der Waals surface area contributed by atoms with Crippen molar-refractivity contribution in [3.05, 3.63) is 53.3 Å². The number of thiazole rings is 1. The van der Waals surface area contributed by atoms with Crippen LogP contribution in [-0.2, 0) is 0 Å². The van der Waals surface area contributed by atoms with Crippen molar-refractivity contribution in [2.45, 2.75) is 20.8 Å². The Kier molecular flexibility index (Phi) is 4.30. The molecule has 0 aliphatic carbocycles. The van der Waals surface area contributed by atoms with E-state index in [-0.39, 0.29) is 0 Å². The van der Waals surface area contributed by atoms with Gasteiger partial charge in [-0.15, -0.1) is 0 Å². The fourth-order valence-electron chi connectivity index (χ4n) is 2.58. The molecule has 2 heterocycles. The van der Waals surface area contributed by atoms with Gasteiger partial charge in [0.15, 0.2) is 5.13 Å². The summed E-state index contributed by atoms with van der Waals surface area (Å²) >= 11 is 1.61. The van der Waals surface area contributed by atoms with Crippen LogP contribution in [-0.4, -0.2) is 17.1 Å². The second-order valence-corrected chi connectivity index (χ2v) is 6.37. The molecule has 4 nitrogen and oxygen atoms in total. The number of anilines is 2. The lowest BCUT2D eigenvalue weighted by atomic mass is 10.1. The van der Waals surface area contributed by atoms with Crippen LogP contribution in [0.3, 0.4) is 0 Å². The lowest BCUT2D eigenvalue weighted by Crippen LogP contribution is -1.96. The summed E-state index contributed by atoms with van der Waals surface area (Å²) in [6.45, 7) is 6.05. The molecule has 3 aromatic rings. The number of aromatic nitrogens is 2. The Balaban J connectivity index is 1.99. The highest BCUT2D eigenvalue weighted by atomic mass is 32.1. The smallest absolute Gasteiger partial charge is 0.188 e. The molecule has 0 unspecified atom stereocenters. The molecular formula is C18H19N3OS. The van der Waals surface area contributed by atoms with Crippen molar-refractivity contribution in [1.29, 1.82) is 0 Å². The normalized spacial score (nSPS) is 10.6. The largest absolute Gasteiger partial charge is 0.496 e. The molecule has 0 bridgehead atoms. The van der Waals surface area contributed by atoms with Gasteiger partial charge in [-0.1, -0.05) is 29.5 Å². The second kappa shape index (κ2) is 6.38. The van der Waals surface area contributed by atoms with Crippen molar-refractivity contribution < 1.29 is 4.74 Å². The van der Waals surface area contributed by atoms with Crippen LogP contribution < -0.4 is 10.1 Å². The van der Waals surface area contributed by atoms with Crippen LogP contribution in [0.15, 0.2) is 36.5 Å². The third kappa shape index (κ3) is 3.05. The quantitative estimate of drug-likeness (QED) is 0.742. The topological polar surface area (TPSA) is 47.0 Å². The Morgan fingerprint density at radius 1 is 1.09 bits per heavy atom. The number of methoxy groups -OCH3 is 1. The van der Waals surface area contributed by atoms with Gasteiger partial charge in [0, 0.05) is 23.0 Å². The highest BCUT2D eigenvalue weighted by molar-refractivity contribution is 7.19. The van der Waals surface area contributed by atoms with E-state index in [0.717, 1.165) is 44.0 Å². The highest BCUT2D eigenvalue weighted by Gasteiger charge is 2.17. The Morgan fingerprint density at radius 2 is 1.83 bits per heavy atom. The Labute approximate surface area is 140 Å². The van der Waals surface area contributed by atoms with Gasteiger partial charge >= 0.3 is 0 Å². The van der Waals surface area contributed by atoms with Gasteiger partial charge in [0.25, 0.3) is 0 Å². The van der Waals surface area contributed by atoms with Gasteiger partial charge in [0.05, 0.1) is 23.4 Å². The first-order valence-electron chi connectivity index (χ1n) is 7.40. The summed E-state index contributed by atoms with van der Waals surface area (Å²) in [7, 11) is 1.70. The molecule has 0 atom stereocenters. The first kappa shape index (κ1) is 15.5. The van der Waals surface area contributed by atoms with Gasteiger partial charge < -0.3 is 10.1 Å². The fraction of sp³-hybridized carbons (Fsp3) is 0.222. The second-order valence-electron chi connectivity index (χ2n) is 5.37. The molecule has 0 amide bonds. The van der Waals surface area contributed by atoms with E-state index in [1.54, 1.807) is 18.4 Å². The molecule has 0 fully saturated rings. The van der Waals surface area contributed by atoms with Gasteiger partial charge in [-0.3, -0.25) is 4.98 Å². The molecule has 0 spiro atoms. The van der Waals surface area contributed by atoms with Crippen molar-refractivity contribution in [2.24, 2.45) is 0 Å². The van der Waals surface area contributed by atoms with Gasteiger partial charge in [0.1, 0.15) is 5.75 Å². The fourth-order valence-corrected chi connectivity index (χ4v) is 3.62. The number of para-hydroxylation sites is 1. The van der Waals surface area contributed by atoms with E-state index in [2.05, 4.69) is 15.3 Å². The maximum Gasteiger partial charge on any atom is 0.188 e. The molecule has 0 saturated heterocycles. The van der Waals surface area contributed by atoms with Crippen LogP contribution >= 0.6 is 11.3 Å². The van der Waals surface area contributed by atoms with E-state index >= 15 is 0 Å². The number of aryl methyl sites for hydroxylation is 2. The van der Waals surface area contributed by atoms with Crippen LogP contribution in [0, 0.1) is 20.8 Å². The average molecular weight is 325 g/mol. The Bertz CT molecular complexity index is 828. The average Bonchev–Trinajstić information content (AvgIpc) is 2.89. The summed E-state index contributed by atoms with van der Waals surface area (Å²) in [4.78, 5) is 10.3. The van der Waals surface area contributed by atoms with Crippen molar-refractivity contribution in [2.75, 3.05) is 12.4 Å². The summed E-state index contributed by atoms with van der Waals surface area (Å²) in [5, 5.41) is 4.21. The van der Waals surface area contributed by atoms with Gasteiger partial charge in [-0.05, 0) is 32.9 Å². The third-order valence-electron chi connectivity index (χ3n) is 3.68. The molecule has 0 radical (unpaired) electrons. The molecule has 23 heavy (non-hydrogen) atoms. The van der Waals surface area contributed by atoms with Crippen LogP contribution in [0.2, 0.25) is 0 Å². The summed E-state index contributed by atoms with van der Waals surface area (Å²) in [5.41, 5.74) is 5.02. The number of nitrogens with one attached hydrogen (secondary N) is 1. The minimum absolute atomic E-state index is 0.865. The third-order valence-corrected chi connectivity index (χ3v) is 4.76. The highest BCUT2D eigenvalue weighted by Crippen LogP contribution is 2.37. The van der Waals surface area contributed by atoms with Crippen LogP contribution in [0.25, 0.3) is 10.6 Å². The van der Waals surface area contributed by atoms with Crippen LogP contribution in [0.5, 0.6) is 5.75 Å². The molecule has 0 aliphatic rings. The molecular weight excluding hydrogens is 306 g/mol. The number of ether oxygens (including phenoxy) is 1. The lowest BCUT2D eigenvalue weighted by Gasteiger charge is -2.11. The predicted octanol–water partition coefficient (Wildman–Crippen LogP) is 4.88. The molecule has 0 saturated carbocycles. The van der Waals surface area contributed by atoms with E-state index < -0.39 is 0 Å². The zero-order chi connectivity index (χ0) is 16.4. The zero-order valence-electron chi connectivity index (χ0n) is 13.7. The van der Waals surface area contributed by atoms with Crippen molar-refractivity contribution in [3.8, 4) is 16.3 Å². The van der Waals surface area contributed by atoms with Gasteiger partial charge in [0.2, 0.25) is 0 Å². The summed E-state index contributed by atoms with van der Waals surface area (Å²) in [6, 6.07) is 10.0. The van der Waals surface area contributed by atoms with Crippen LogP contribution in [0.1, 0.15) is 16.8 Å². The van der Waals surface area contributed by atoms with E-state index in [1.807, 2.05) is 57.3 Å². The first-order valence-corrected chi connectivity index (χ1v) is 8.22. The maximum absolute atomic E-state index is 5.51. The number of benzene rings is 1. The summed E-state index contributed by atoms with van der Waals surface area (Å²) < 4.78 is 5.51. The molecule has 2 aromatic heterocycles. The first-order chi connectivity index (χ1) is 11.1. The minimum Gasteiger partial charge on any atom is -0.496 e. The SMILES string of the molecule is COc1c(C)cnc(-c2sc(Nc3ccccc3)nc2C)c1C. The zero-order valence-corrected chi connectivity index (χ0v) is 14.5. The number of hydrogen-bond acceptors (Lipinski definition) is 5. The monoisotopic (exact) mass is 325 g/mol. The number of hydrogen-bond donors (Lipinski definition) is 1. The molecule has 3 rings (SSSR count). The molecule has 1 N–H and O–H groups in total. The number of nitrogens with zero attached hydrogens (tertiary/aromatic N) is 2. The Morgan fingerprint density at radius 3 is 2.52 bits per heavy atom. The van der Waals surface area contributed by atoms with E-state index in [4.69, 9.17) is 4.74 Å². The van der Waals surface area contributed by atoms with Crippen LogP contribution in [0.4, 0.5) is 10.8 Å². The van der Waals surface area contributed by atoms with E-state index in [0.29, 0.717) is 0 Å². The number of pyridine rings is 1. The summed E-state index contributed by atoms with van der Waals surface area (Å²) in [5.74, 6) is 0.889. The Hall–Kier alpha value is -2.40. The standard InChI is InChI=1S/C18H19N3OS/c1-11-10-19-15(12(2)16(11)22-4)17-13(3)20-18(23-17)21-14-8-6-5-7-9-14/h5-10H,1-4H3,(H,20,21). The lowest BCUT2D eigenvalue weighted by molar-refractivity contribution is 0.408. The number of rotatable bonds is 4. The summed E-state index contributed by atoms with van der Waals surface area (Å²) in [6.07, 6.45) is 1.85. The van der Waals surface area contributed by atoms with Crippen molar-refractivity contribution >= 4 is 22.2 Å². The molecule has 1 aromatic carbocycles. The molecule has 5 heteroatoms.